The van der Waals surface area contributed by atoms with Gasteiger partial charge < -0.3 is 0 Å². The van der Waals surface area contributed by atoms with Crippen molar-refractivity contribution in [1.82, 2.24) is 13.7 Å². The third kappa shape index (κ3) is 4.16. The van der Waals surface area contributed by atoms with Gasteiger partial charge in [0.1, 0.15) is 5.82 Å². The highest BCUT2D eigenvalue weighted by molar-refractivity contribution is 7.89. The van der Waals surface area contributed by atoms with Crippen LogP contribution in [0.25, 0.3) is 16.2 Å². The number of benzene rings is 2. The molecule has 30 heavy (non-hydrogen) atoms. The van der Waals surface area contributed by atoms with E-state index >= 15 is 0 Å². The van der Waals surface area contributed by atoms with E-state index < -0.39 is 15.8 Å². The van der Waals surface area contributed by atoms with E-state index in [1.165, 1.54) is 28.6 Å². The monoisotopic (exact) mass is 443 g/mol. The molecule has 0 amide bonds. The molecule has 4 rings (SSSR count). The first-order valence-corrected chi connectivity index (χ1v) is 12.1. The van der Waals surface area contributed by atoms with Crippen molar-refractivity contribution in [2.24, 2.45) is 0 Å². The Hall–Kier alpha value is -2.55. The molecule has 4 aromatic rings. The Kier molecular flexibility index (Phi) is 5.99. The summed E-state index contributed by atoms with van der Waals surface area (Å²) in [7, 11) is -3.68. The molecule has 0 N–H and O–H groups in total. The van der Waals surface area contributed by atoms with E-state index in [1.54, 1.807) is 11.3 Å². The molecule has 0 saturated heterocycles. The molecular formula is C22H22FN3O2S2. The van der Waals surface area contributed by atoms with E-state index in [0.717, 1.165) is 21.9 Å². The van der Waals surface area contributed by atoms with Gasteiger partial charge in [-0.25, -0.2) is 17.8 Å². The van der Waals surface area contributed by atoms with Crippen molar-refractivity contribution >= 4 is 26.3 Å². The molecule has 0 bridgehead atoms. The number of hydrogen-bond donors (Lipinski definition) is 0. The molecule has 5 nitrogen and oxygen atoms in total. The molecule has 0 fully saturated rings. The van der Waals surface area contributed by atoms with Crippen LogP contribution in [0, 0.1) is 5.82 Å². The minimum atomic E-state index is -3.68. The molecule has 0 saturated carbocycles. The topological polar surface area (TPSA) is 54.7 Å². The third-order valence-electron chi connectivity index (χ3n) is 4.89. The highest BCUT2D eigenvalue weighted by Gasteiger charge is 2.24. The lowest BCUT2D eigenvalue weighted by molar-refractivity contribution is 0.412. The zero-order valence-corrected chi connectivity index (χ0v) is 18.2. The summed E-state index contributed by atoms with van der Waals surface area (Å²) in [5, 5.41) is 2.02. The van der Waals surface area contributed by atoms with Gasteiger partial charge in [0.2, 0.25) is 10.0 Å². The van der Waals surface area contributed by atoms with Crippen LogP contribution in [-0.4, -0.2) is 35.2 Å². The van der Waals surface area contributed by atoms with Crippen LogP contribution in [0.3, 0.4) is 0 Å². The summed E-state index contributed by atoms with van der Waals surface area (Å²) in [6.45, 7) is 2.70. The maximum atomic E-state index is 13.2. The number of nitrogens with zero attached hydrogens (tertiary/aromatic N) is 3. The minimum Gasteiger partial charge on any atom is -0.294 e. The number of aromatic nitrogens is 2. The predicted molar refractivity (Wildman–Crippen MR) is 118 cm³/mol. The zero-order valence-electron chi connectivity index (χ0n) is 16.5. The number of fused-ring (bicyclic) bond motifs is 1. The van der Waals surface area contributed by atoms with Crippen LogP contribution in [-0.2, 0) is 16.4 Å². The lowest BCUT2D eigenvalue weighted by Crippen LogP contribution is -2.33. The van der Waals surface area contributed by atoms with Gasteiger partial charge in [-0.2, -0.15) is 4.31 Å². The van der Waals surface area contributed by atoms with Crippen molar-refractivity contribution in [1.29, 1.82) is 0 Å². The maximum Gasteiger partial charge on any atom is 0.243 e. The van der Waals surface area contributed by atoms with Crippen molar-refractivity contribution in [3.05, 3.63) is 77.7 Å². The normalized spacial score (nSPS) is 12.1. The van der Waals surface area contributed by atoms with Crippen molar-refractivity contribution in [3.63, 3.8) is 0 Å². The maximum absolute atomic E-state index is 13.2. The summed E-state index contributed by atoms with van der Waals surface area (Å²) < 4.78 is 42.8. The third-order valence-corrected chi connectivity index (χ3v) is 7.70. The fourth-order valence-corrected chi connectivity index (χ4v) is 5.79. The summed E-state index contributed by atoms with van der Waals surface area (Å²) in [6, 6.07) is 15.0. The van der Waals surface area contributed by atoms with Gasteiger partial charge in [-0.3, -0.25) is 4.40 Å². The molecule has 0 aliphatic heterocycles. The molecule has 2 aromatic carbocycles. The van der Waals surface area contributed by atoms with E-state index in [9.17, 15) is 12.8 Å². The van der Waals surface area contributed by atoms with Gasteiger partial charge in [0, 0.05) is 42.3 Å². The van der Waals surface area contributed by atoms with Gasteiger partial charge >= 0.3 is 0 Å². The van der Waals surface area contributed by atoms with E-state index in [4.69, 9.17) is 0 Å². The molecule has 2 aromatic heterocycles. The predicted octanol–water partition coefficient (Wildman–Crippen LogP) is 4.85. The Balaban J connectivity index is 1.56. The van der Waals surface area contributed by atoms with Gasteiger partial charge in [-0.15, -0.1) is 11.3 Å². The second kappa shape index (κ2) is 8.67. The summed E-state index contributed by atoms with van der Waals surface area (Å²) in [5.74, 6) is -0.453. The van der Waals surface area contributed by atoms with Crippen LogP contribution >= 0.6 is 11.3 Å². The molecule has 8 heteroatoms. The molecule has 0 aliphatic carbocycles. The van der Waals surface area contributed by atoms with Crippen LogP contribution in [0.5, 0.6) is 0 Å². The Morgan fingerprint density at radius 2 is 1.80 bits per heavy atom. The van der Waals surface area contributed by atoms with Gasteiger partial charge in [0.25, 0.3) is 0 Å². The minimum absolute atomic E-state index is 0.113. The van der Waals surface area contributed by atoms with Crippen LogP contribution in [0.15, 0.2) is 71.1 Å². The average molecular weight is 444 g/mol. The molecule has 2 heterocycles. The second-order valence-electron chi connectivity index (χ2n) is 6.98. The Morgan fingerprint density at radius 1 is 1.07 bits per heavy atom. The van der Waals surface area contributed by atoms with E-state index in [2.05, 4.69) is 4.98 Å². The molecule has 0 atom stereocenters. The first-order chi connectivity index (χ1) is 14.5. The number of rotatable bonds is 8. The molecule has 0 unspecified atom stereocenters. The van der Waals surface area contributed by atoms with Crippen LogP contribution < -0.4 is 0 Å². The quantitative estimate of drug-likeness (QED) is 0.391. The smallest absolute Gasteiger partial charge is 0.243 e. The standard InChI is InChI=1S/C22H22FN3O2S2/c1-2-13-25(30(27,28)20-10-8-18(23)9-11-20)14-12-19-16-29-22-24-21(15-26(19)22)17-6-4-3-5-7-17/h3-11,15-16H,2,12-14H2,1H3. The Morgan fingerprint density at radius 3 is 2.50 bits per heavy atom. The molecule has 0 spiro atoms. The van der Waals surface area contributed by atoms with Crippen LogP contribution in [0.4, 0.5) is 4.39 Å². The lowest BCUT2D eigenvalue weighted by atomic mass is 10.2. The van der Waals surface area contributed by atoms with Crippen LogP contribution in [0.1, 0.15) is 19.0 Å². The van der Waals surface area contributed by atoms with Gasteiger partial charge in [0.15, 0.2) is 4.96 Å². The number of halogens is 1. The summed E-state index contributed by atoms with van der Waals surface area (Å²) in [5.41, 5.74) is 2.96. The number of thiazole rings is 1. The molecular weight excluding hydrogens is 421 g/mol. The fourth-order valence-electron chi connectivity index (χ4n) is 3.35. The molecule has 156 valence electrons. The lowest BCUT2D eigenvalue weighted by Gasteiger charge is -2.21. The fraction of sp³-hybridized carbons (Fsp3) is 0.227. The van der Waals surface area contributed by atoms with E-state index in [1.807, 2.05) is 53.2 Å². The highest BCUT2D eigenvalue weighted by atomic mass is 32.2. The molecule has 0 aliphatic rings. The summed E-state index contributed by atoms with van der Waals surface area (Å²) in [6.07, 6.45) is 3.25. The van der Waals surface area contributed by atoms with E-state index in [0.29, 0.717) is 25.9 Å². The summed E-state index contributed by atoms with van der Waals surface area (Å²) >= 11 is 1.54. The van der Waals surface area contributed by atoms with Crippen molar-refractivity contribution in [2.75, 3.05) is 13.1 Å². The van der Waals surface area contributed by atoms with Crippen molar-refractivity contribution in [2.45, 2.75) is 24.7 Å². The van der Waals surface area contributed by atoms with E-state index in [-0.39, 0.29) is 4.90 Å². The Labute approximate surface area is 179 Å². The van der Waals surface area contributed by atoms with Crippen LogP contribution in [0.2, 0.25) is 0 Å². The number of hydrogen-bond acceptors (Lipinski definition) is 4. The van der Waals surface area contributed by atoms with Gasteiger partial charge in [0.05, 0.1) is 10.6 Å². The zero-order chi connectivity index (χ0) is 21.1. The summed E-state index contributed by atoms with van der Waals surface area (Å²) in [4.78, 5) is 5.68. The largest absolute Gasteiger partial charge is 0.294 e. The molecule has 0 radical (unpaired) electrons. The number of imidazole rings is 1. The second-order valence-corrected chi connectivity index (χ2v) is 9.75. The average Bonchev–Trinajstić information content (AvgIpc) is 3.33. The van der Waals surface area contributed by atoms with Gasteiger partial charge in [-0.1, -0.05) is 37.3 Å². The highest BCUT2D eigenvalue weighted by Crippen LogP contribution is 2.24. The number of sulfonamides is 1. The SMILES string of the molecule is CCCN(CCc1csc2nc(-c3ccccc3)cn12)S(=O)(=O)c1ccc(F)cc1. The Bertz CT molecular complexity index is 1230. The first kappa shape index (κ1) is 20.7. The van der Waals surface area contributed by atoms with Crippen molar-refractivity contribution < 1.29 is 12.8 Å². The van der Waals surface area contributed by atoms with Crippen molar-refractivity contribution in [3.8, 4) is 11.3 Å². The van der Waals surface area contributed by atoms with Gasteiger partial charge in [-0.05, 0) is 30.7 Å². The first-order valence-electron chi connectivity index (χ1n) is 9.75.